The van der Waals surface area contributed by atoms with Gasteiger partial charge in [-0.05, 0) is 37.5 Å². The minimum atomic E-state index is -0.447. The lowest BCUT2D eigenvalue weighted by Crippen LogP contribution is -2.47. The van der Waals surface area contributed by atoms with Crippen LogP contribution in [0.2, 0.25) is 0 Å². The third-order valence-corrected chi connectivity index (χ3v) is 4.92. The number of likely N-dealkylation sites (tertiary alicyclic amines) is 1. The number of pyridine rings is 1. The Bertz CT molecular complexity index is 776. The number of carbonyl (C=O) groups is 2. The van der Waals surface area contributed by atoms with Gasteiger partial charge in [0.2, 0.25) is 11.8 Å². The van der Waals surface area contributed by atoms with E-state index in [1.165, 1.54) is 0 Å². The Kier molecular flexibility index (Phi) is 5.66. The normalized spacial score (nSPS) is 15.2. The Labute approximate surface area is 154 Å². The van der Waals surface area contributed by atoms with E-state index in [4.69, 9.17) is 0 Å². The van der Waals surface area contributed by atoms with E-state index in [1.54, 1.807) is 16.0 Å². The Hall–Kier alpha value is -2.69. The van der Waals surface area contributed by atoms with Gasteiger partial charge in [0.15, 0.2) is 0 Å². The molecule has 0 unspecified atom stereocenters. The summed E-state index contributed by atoms with van der Waals surface area (Å²) in [6.45, 7) is 5.43. The van der Waals surface area contributed by atoms with Crippen molar-refractivity contribution in [2.75, 3.05) is 6.54 Å². The number of hydrogen-bond acceptors (Lipinski definition) is 3. The molecule has 1 saturated heterocycles. The maximum atomic E-state index is 13.2. The second-order valence-corrected chi connectivity index (χ2v) is 6.81. The van der Waals surface area contributed by atoms with Gasteiger partial charge in [0.1, 0.15) is 6.04 Å². The van der Waals surface area contributed by atoms with E-state index in [2.05, 4.69) is 4.98 Å². The summed E-state index contributed by atoms with van der Waals surface area (Å²) < 4.78 is 0. The number of amides is 2. The Morgan fingerprint density at radius 3 is 2.62 bits per heavy atom. The van der Waals surface area contributed by atoms with E-state index < -0.39 is 6.04 Å². The summed E-state index contributed by atoms with van der Waals surface area (Å²) in [4.78, 5) is 33.2. The molecule has 1 aliphatic rings. The highest BCUT2D eigenvalue weighted by Gasteiger charge is 2.32. The molecule has 1 aliphatic heterocycles. The molecule has 0 N–H and O–H groups in total. The summed E-state index contributed by atoms with van der Waals surface area (Å²) in [6.07, 6.45) is 3.12. The molecular weight excluding hydrogens is 326 g/mol. The summed E-state index contributed by atoms with van der Waals surface area (Å²) >= 11 is 0. The predicted molar refractivity (Wildman–Crippen MR) is 100 cm³/mol. The summed E-state index contributed by atoms with van der Waals surface area (Å²) in [5.41, 5.74) is 3.01. The molecule has 3 rings (SSSR count). The van der Waals surface area contributed by atoms with Crippen molar-refractivity contribution in [1.82, 2.24) is 14.8 Å². The van der Waals surface area contributed by atoms with Gasteiger partial charge in [-0.3, -0.25) is 14.6 Å². The fourth-order valence-corrected chi connectivity index (χ4v) is 3.36. The number of hydrogen-bond donors (Lipinski definition) is 0. The van der Waals surface area contributed by atoms with Crippen molar-refractivity contribution < 1.29 is 9.59 Å². The zero-order valence-electron chi connectivity index (χ0n) is 15.4. The molecule has 5 nitrogen and oxygen atoms in total. The number of benzene rings is 1. The smallest absolute Gasteiger partial charge is 0.245 e. The minimum Gasteiger partial charge on any atom is -0.331 e. The topological polar surface area (TPSA) is 53.5 Å². The molecule has 1 fully saturated rings. The first-order chi connectivity index (χ1) is 12.6. The summed E-state index contributed by atoms with van der Waals surface area (Å²) in [5, 5.41) is 0. The lowest BCUT2D eigenvalue weighted by atomic mass is 10.1. The van der Waals surface area contributed by atoms with Crippen LogP contribution in [0.1, 0.15) is 36.6 Å². The van der Waals surface area contributed by atoms with Crippen LogP contribution in [0.15, 0.2) is 48.7 Å². The largest absolute Gasteiger partial charge is 0.331 e. The van der Waals surface area contributed by atoms with Crippen molar-refractivity contribution in [3.8, 4) is 0 Å². The zero-order valence-corrected chi connectivity index (χ0v) is 15.4. The fourth-order valence-electron chi connectivity index (χ4n) is 3.36. The molecule has 2 aromatic rings. The molecule has 2 amide bonds. The highest BCUT2D eigenvalue weighted by molar-refractivity contribution is 5.88. The number of aryl methyl sites for hydroxylation is 1. The molecule has 2 heterocycles. The number of aromatic nitrogens is 1. The summed E-state index contributed by atoms with van der Waals surface area (Å²) in [5.74, 6) is 0.0358. The van der Waals surface area contributed by atoms with E-state index in [9.17, 15) is 9.59 Å². The van der Waals surface area contributed by atoms with E-state index in [1.807, 2.05) is 56.3 Å². The highest BCUT2D eigenvalue weighted by atomic mass is 16.2. The van der Waals surface area contributed by atoms with Gasteiger partial charge in [0, 0.05) is 25.7 Å². The quantitative estimate of drug-likeness (QED) is 0.804. The van der Waals surface area contributed by atoms with Gasteiger partial charge in [-0.2, -0.15) is 0 Å². The van der Waals surface area contributed by atoms with Gasteiger partial charge >= 0.3 is 0 Å². The highest BCUT2D eigenvalue weighted by Crippen LogP contribution is 2.18. The second kappa shape index (κ2) is 8.13. The summed E-state index contributed by atoms with van der Waals surface area (Å²) in [7, 11) is 0. The van der Waals surface area contributed by atoms with Crippen molar-refractivity contribution in [2.24, 2.45) is 0 Å². The standard InChI is InChI=1S/C21H25N3O2/c1-16-8-6-12-22-19(16)15-23(14-18-9-4-3-5-10-18)21(26)17(2)24-13-7-11-20(24)25/h3-6,8-10,12,17H,7,11,13-15H2,1-2H3/t17-/m0/s1. The molecular formula is C21H25N3O2. The molecule has 1 atom stereocenters. The van der Waals surface area contributed by atoms with Crippen LogP contribution in [0.4, 0.5) is 0 Å². The average Bonchev–Trinajstić information content (AvgIpc) is 3.08. The average molecular weight is 351 g/mol. The SMILES string of the molecule is Cc1cccnc1CN(Cc1ccccc1)C(=O)[C@H](C)N1CCCC1=O. The zero-order chi connectivity index (χ0) is 18.5. The van der Waals surface area contributed by atoms with Crippen molar-refractivity contribution in [3.05, 3.63) is 65.5 Å². The maximum absolute atomic E-state index is 13.2. The number of rotatable bonds is 6. The third-order valence-electron chi connectivity index (χ3n) is 4.92. The van der Waals surface area contributed by atoms with Crippen LogP contribution in [0.3, 0.4) is 0 Å². The fraction of sp³-hybridized carbons (Fsp3) is 0.381. The lowest BCUT2D eigenvalue weighted by Gasteiger charge is -2.30. The Morgan fingerprint density at radius 1 is 1.19 bits per heavy atom. The summed E-state index contributed by atoms with van der Waals surface area (Å²) in [6, 6.07) is 13.4. The van der Waals surface area contributed by atoms with Gasteiger partial charge in [0.05, 0.1) is 12.2 Å². The van der Waals surface area contributed by atoms with Crippen LogP contribution >= 0.6 is 0 Å². The van der Waals surface area contributed by atoms with Crippen LogP contribution in [0, 0.1) is 6.92 Å². The monoisotopic (exact) mass is 351 g/mol. The first-order valence-corrected chi connectivity index (χ1v) is 9.09. The Balaban J connectivity index is 1.83. The predicted octanol–water partition coefficient (Wildman–Crippen LogP) is 2.93. The molecule has 0 bridgehead atoms. The molecule has 0 saturated carbocycles. The van der Waals surface area contributed by atoms with Crippen molar-refractivity contribution in [2.45, 2.75) is 45.8 Å². The van der Waals surface area contributed by atoms with Crippen LogP contribution in [0.5, 0.6) is 0 Å². The molecule has 136 valence electrons. The van der Waals surface area contributed by atoms with Gasteiger partial charge in [0.25, 0.3) is 0 Å². The molecule has 5 heteroatoms. The van der Waals surface area contributed by atoms with E-state index in [-0.39, 0.29) is 11.8 Å². The van der Waals surface area contributed by atoms with E-state index >= 15 is 0 Å². The maximum Gasteiger partial charge on any atom is 0.245 e. The second-order valence-electron chi connectivity index (χ2n) is 6.81. The van der Waals surface area contributed by atoms with Crippen LogP contribution < -0.4 is 0 Å². The van der Waals surface area contributed by atoms with Crippen LogP contribution in [-0.2, 0) is 22.7 Å². The third kappa shape index (κ3) is 4.10. The van der Waals surface area contributed by atoms with Gasteiger partial charge in [-0.15, -0.1) is 0 Å². The van der Waals surface area contributed by atoms with Gasteiger partial charge in [-0.25, -0.2) is 0 Å². The Morgan fingerprint density at radius 2 is 1.96 bits per heavy atom. The first kappa shape index (κ1) is 18.1. The first-order valence-electron chi connectivity index (χ1n) is 9.09. The molecule has 1 aromatic heterocycles. The van der Waals surface area contributed by atoms with Gasteiger partial charge in [-0.1, -0.05) is 36.4 Å². The number of carbonyl (C=O) groups excluding carboxylic acids is 2. The van der Waals surface area contributed by atoms with Crippen molar-refractivity contribution in [3.63, 3.8) is 0 Å². The van der Waals surface area contributed by atoms with Crippen LogP contribution in [-0.4, -0.2) is 39.2 Å². The molecule has 0 radical (unpaired) electrons. The molecule has 0 spiro atoms. The number of nitrogens with zero attached hydrogens (tertiary/aromatic N) is 3. The molecule has 26 heavy (non-hydrogen) atoms. The molecule has 1 aromatic carbocycles. The minimum absolute atomic E-state index is 0.0332. The van der Waals surface area contributed by atoms with Crippen molar-refractivity contribution >= 4 is 11.8 Å². The molecule has 0 aliphatic carbocycles. The van der Waals surface area contributed by atoms with E-state index in [0.717, 1.165) is 23.2 Å². The van der Waals surface area contributed by atoms with Crippen LogP contribution in [0.25, 0.3) is 0 Å². The van der Waals surface area contributed by atoms with E-state index in [0.29, 0.717) is 26.1 Å². The van der Waals surface area contributed by atoms with Gasteiger partial charge < -0.3 is 9.80 Å². The van der Waals surface area contributed by atoms with Crippen molar-refractivity contribution in [1.29, 1.82) is 0 Å². The lowest BCUT2D eigenvalue weighted by molar-refractivity contribution is -0.143.